The van der Waals surface area contributed by atoms with E-state index in [2.05, 4.69) is 5.32 Å². The van der Waals surface area contributed by atoms with Crippen LogP contribution in [0.2, 0.25) is 0 Å². The summed E-state index contributed by atoms with van der Waals surface area (Å²) in [5, 5.41) is 92.4. The zero-order chi connectivity index (χ0) is 25.3. The Bertz CT molecular complexity index is 595. The number of hydrogen-bond donors (Lipinski definition) is 10. The molecule has 0 spiro atoms. The van der Waals surface area contributed by atoms with Crippen LogP contribution in [0.5, 0.6) is 0 Å². The molecule has 0 unspecified atom stereocenters. The first-order chi connectivity index (χ1) is 16.3. The number of unbranched alkanes of at least 4 members (excludes halogenated alkanes) is 4. The summed E-state index contributed by atoms with van der Waals surface area (Å²) in [5.41, 5.74) is 0. The van der Waals surface area contributed by atoms with E-state index in [9.17, 15) is 40.9 Å². The fourth-order valence-corrected chi connectivity index (χ4v) is 4.30. The van der Waals surface area contributed by atoms with Crippen LogP contribution < -0.4 is 5.32 Å². The van der Waals surface area contributed by atoms with Gasteiger partial charge in [0.2, 0.25) is 0 Å². The standard InChI is InChI=1S/C22H41NO11/c24-9-7-5-3-1-2-4-6-8-13(27)17(29)15-21(16(28)12(10-25)23-15)34-22-20(32)19(31)18(30)14(11-26)33-22/h4,6,12-32H,1-3,5,7-11H2/b6-4-/t12-,13+,14-,15-,16+,17-,18-,19+,20-,21-,22+/m1/s1. The van der Waals surface area contributed by atoms with Gasteiger partial charge in [-0.3, -0.25) is 0 Å². The van der Waals surface area contributed by atoms with Crippen LogP contribution in [0.4, 0.5) is 0 Å². The van der Waals surface area contributed by atoms with Crippen LogP contribution in [0.3, 0.4) is 0 Å². The minimum absolute atomic E-state index is 0.128. The molecule has 0 aromatic heterocycles. The van der Waals surface area contributed by atoms with E-state index in [0.717, 1.165) is 32.1 Å². The number of rotatable bonds is 14. The van der Waals surface area contributed by atoms with E-state index >= 15 is 0 Å². The lowest BCUT2D eigenvalue weighted by Gasteiger charge is -2.41. The lowest BCUT2D eigenvalue weighted by Crippen LogP contribution is -2.61. The summed E-state index contributed by atoms with van der Waals surface area (Å²) < 4.78 is 11.0. The smallest absolute Gasteiger partial charge is 0.187 e. The van der Waals surface area contributed by atoms with Gasteiger partial charge in [-0.05, 0) is 25.7 Å². The summed E-state index contributed by atoms with van der Waals surface area (Å²) in [6.45, 7) is -0.971. The third kappa shape index (κ3) is 7.63. The molecule has 11 atom stereocenters. The fourth-order valence-electron chi connectivity index (χ4n) is 4.30. The van der Waals surface area contributed by atoms with Gasteiger partial charge in [-0.25, -0.2) is 0 Å². The van der Waals surface area contributed by atoms with Gasteiger partial charge in [0, 0.05) is 6.61 Å². The van der Waals surface area contributed by atoms with E-state index in [4.69, 9.17) is 14.6 Å². The van der Waals surface area contributed by atoms with Crippen molar-refractivity contribution in [2.24, 2.45) is 0 Å². The summed E-state index contributed by atoms with van der Waals surface area (Å²) in [7, 11) is 0. The van der Waals surface area contributed by atoms with Gasteiger partial charge in [-0.1, -0.05) is 25.0 Å². The minimum atomic E-state index is -1.71. The molecule has 0 saturated carbocycles. The second-order valence-corrected chi connectivity index (χ2v) is 8.96. The Labute approximate surface area is 199 Å². The molecule has 2 aliphatic heterocycles. The molecular weight excluding hydrogens is 454 g/mol. The first-order valence-electron chi connectivity index (χ1n) is 11.9. The van der Waals surface area contributed by atoms with Crippen molar-refractivity contribution in [3.63, 3.8) is 0 Å². The van der Waals surface area contributed by atoms with Gasteiger partial charge in [-0.2, -0.15) is 0 Å². The van der Waals surface area contributed by atoms with Gasteiger partial charge >= 0.3 is 0 Å². The van der Waals surface area contributed by atoms with E-state index in [0.29, 0.717) is 0 Å². The Kier molecular flexibility index (Phi) is 12.8. The highest BCUT2D eigenvalue weighted by Gasteiger charge is 2.51. The molecule has 2 rings (SSSR count). The minimum Gasteiger partial charge on any atom is -0.396 e. The average molecular weight is 496 g/mol. The lowest BCUT2D eigenvalue weighted by molar-refractivity contribution is -0.318. The third-order valence-corrected chi connectivity index (χ3v) is 6.43. The van der Waals surface area contributed by atoms with Crippen molar-refractivity contribution >= 4 is 0 Å². The van der Waals surface area contributed by atoms with Crippen LogP contribution in [-0.2, 0) is 9.47 Å². The molecule has 34 heavy (non-hydrogen) atoms. The molecule has 0 aromatic carbocycles. The molecule has 12 nitrogen and oxygen atoms in total. The predicted octanol–water partition coefficient (Wildman–Crippen LogP) is -3.52. The van der Waals surface area contributed by atoms with Gasteiger partial charge in [0.05, 0.1) is 43.6 Å². The highest BCUT2D eigenvalue weighted by atomic mass is 16.7. The van der Waals surface area contributed by atoms with E-state index in [1.165, 1.54) is 0 Å². The highest BCUT2D eigenvalue weighted by molar-refractivity contribution is 5.05. The molecule has 10 N–H and O–H groups in total. The number of aliphatic hydroxyl groups excluding tert-OH is 9. The van der Waals surface area contributed by atoms with Crippen molar-refractivity contribution in [1.29, 1.82) is 0 Å². The summed E-state index contributed by atoms with van der Waals surface area (Å²) in [4.78, 5) is 0. The van der Waals surface area contributed by atoms with Crippen molar-refractivity contribution in [3.05, 3.63) is 12.2 Å². The summed E-state index contributed by atoms with van der Waals surface area (Å²) in [5.74, 6) is 0. The molecule has 12 heteroatoms. The Balaban J connectivity index is 1.97. The first-order valence-corrected chi connectivity index (χ1v) is 11.9. The van der Waals surface area contributed by atoms with Crippen molar-refractivity contribution < 1.29 is 55.4 Å². The van der Waals surface area contributed by atoms with E-state index in [1.807, 2.05) is 6.08 Å². The lowest BCUT2D eigenvalue weighted by atomic mass is 9.96. The molecule has 0 aliphatic carbocycles. The Morgan fingerprint density at radius 1 is 0.824 bits per heavy atom. The van der Waals surface area contributed by atoms with Crippen molar-refractivity contribution in [3.8, 4) is 0 Å². The van der Waals surface area contributed by atoms with Crippen LogP contribution in [0.25, 0.3) is 0 Å². The maximum absolute atomic E-state index is 10.7. The van der Waals surface area contributed by atoms with Crippen molar-refractivity contribution in [2.45, 2.75) is 106 Å². The molecule has 2 aliphatic rings. The number of hydrogen-bond acceptors (Lipinski definition) is 12. The maximum Gasteiger partial charge on any atom is 0.187 e. The van der Waals surface area contributed by atoms with Gasteiger partial charge in [-0.15, -0.1) is 0 Å². The van der Waals surface area contributed by atoms with Crippen molar-refractivity contribution in [1.82, 2.24) is 5.32 Å². The molecule has 200 valence electrons. The van der Waals surface area contributed by atoms with Gasteiger partial charge < -0.3 is 60.7 Å². The van der Waals surface area contributed by atoms with Gasteiger partial charge in [0.15, 0.2) is 6.29 Å². The van der Waals surface area contributed by atoms with Crippen LogP contribution in [0.15, 0.2) is 12.2 Å². The first kappa shape index (κ1) is 29.5. The van der Waals surface area contributed by atoms with E-state index in [1.54, 1.807) is 6.08 Å². The van der Waals surface area contributed by atoms with Crippen LogP contribution in [-0.4, -0.2) is 133 Å². The molecule has 0 radical (unpaired) electrons. The second-order valence-electron chi connectivity index (χ2n) is 8.96. The largest absolute Gasteiger partial charge is 0.396 e. The van der Waals surface area contributed by atoms with Gasteiger partial charge in [0.25, 0.3) is 0 Å². The topological polar surface area (TPSA) is 213 Å². The molecular formula is C22H41NO11. The summed E-state index contributed by atoms with van der Waals surface area (Å²) in [6.07, 6.45) is -4.78. The average Bonchev–Trinajstić information content (AvgIpc) is 3.15. The number of nitrogens with one attached hydrogen (secondary N) is 1. The second kappa shape index (κ2) is 14.7. The normalized spacial score (nSPS) is 38.4. The maximum atomic E-state index is 10.7. The van der Waals surface area contributed by atoms with E-state index < -0.39 is 80.4 Å². The zero-order valence-corrected chi connectivity index (χ0v) is 19.2. The molecule has 2 saturated heterocycles. The fraction of sp³-hybridized carbons (Fsp3) is 0.909. The van der Waals surface area contributed by atoms with Crippen LogP contribution in [0, 0.1) is 0 Å². The predicted molar refractivity (Wildman–Crippen MR) is 118 cm³/mol. The zero-order valence-electron chi connectivity index (χ0n) is 19.2. The van der Waals surface area contributed by atoms with Gasteiger partial charge in [0.1, 0.15) is 30.5 Å². The Morgan fingerprint density at radius 3 is 2.18 bits per heavy atom. The number of ether oxygens (including phenoxy) is 2. The third-order valence-electron chi connectivity index (χ3n) is 6.43. The summed E-state index contributed by atoms with van der Waals surface area (Å²) >= 11 is 0. The monoisotopic (exact) mass is 495 g/mol. The quantitative estimate of drug-likeness (QED) is 0.0839. The molecule has 2 heterocycles. The molecule has 0 aromatic rings. The number of allylic oxidation sites excluding steroid dienone is 1. The summed E-state index contributed by atoms with van der Waals surface area (Å²) in [6, 6.07) is -1.95. The Morgan fingerprint density at radius 2 is 1.53 bits per heavy atom. The SMILES string of the molecule is OCCCCCC/C=C\C[C@H](O)[C@@H](O)[C@H]1N[C@H](CO)[C@H](O)[C@@H]1O[C@@H]1O[C@H](CO)[C@@H](O)[C@H](O)[C@H]1O. The molecule has 2 fully saturated rings. The van der Waals surface area contributed by atoms with Crippen LogP contribution in [0.1, 0.15) is 38.5 Å². The molecule has 0 amide bonds. The van der Waals surface area contributed by atoms with E-state index in [-0.39, 0.29) is 13.0 Å². The Hall–Kier alpha value is -0.740. The highest BCUT2D eigenvalue weighted by Crippen LogP contribution is 2.29. The number of aliphatic hydroxyl groups is 9. The molecule has 0 bridgehead atoms. The van der Waals surface area contributed by atoms with Crippen LogP contribution >= 0.6 is 0 Å². The van der Waals surface area contributed by atoms with Crippen molar-refractivity contribution in [2.75, 3.05) is 19.8 Å².